The molecule has 0 radical (unpaired) electrons. The number of hydrogen-bond donors (Lipinski definition) is 0. The van der Waals surface area contributed by atoms with Crippen LogP contribution in [0.5, 0.6) is 0 Å². The molecular formula is C28H26O10. The summed E-state index contributed by atoms with van der Waals surface area (Å²) in [5, 5.41) is 0. The van der Waals surface area contributed by atoms with Crippen LogP contribution in [0.2, 0.25) is 0 Å². The Hall–Kier alpha value is -4.28. The lowest BCUT2D eigenvalue weighted by atomic mass is 10.1. The average Bonchev–Trinajstić information content (AvgIpc) is 3.53. The minimum absolute atomic E-state index is 0.107. The van der Waals surface area contributed by atoms with Gasteiger partial charge >= 0.3 is 23.9 Å². The summed E-state index contributed by atoms with van der Waals surface area (Å²) in [6.45, 7) is 0.215. The molecule has 4 rings (SSSR count). The fraction of sp³-hybridized carbons (Fsp3) is 0.286. The minimum atomic E-state index is -0.656. The molecular weight excluding hydrogens is 496 g/mol. The number of esters is 4. The van der Waals surface area contributed by atoms with Gasteiger partial charge in [0.05, 0.1) is 38.6 Å². The third-order valence-electron chi connectivity index (χ3n) is 6.00. The summed E-state index contributed by atoms with van der Waals surface area (Å²) in [5.74, 6) is -2.05. The summed E-state index contributed by atoms with van der Waals surface area (Å²) in [6.07, 6.45) is 3.26. The summed E-state index contributed by atoms with van der Waals surface area (Å²) < 4.78 is 31.8. The van der Waals surface area contributed by atoms with Crippen LogP contribution in [-0.4, -0.2) is 75.7 Å². The Morgan fingerprint density at radius 2 is 1.03 bits per heavy atom. The predicted octanol–water partition coefficient (Wildman–Crippen LogP) is 2.61. The number of methoxy groups -OCH3 is 2. The smallest absolute Gasteiger partial charge is 0.338 e. The van der Waals surface area contributed by atoms with Crippen LogP contribution >= 0.6 is 0 Å². The third kappa shape index (κ3) is 6.53. The molecule has 0 aliphatic carbocycles. The van der Waals surface area contributed by atoms with Crippen molar-refractivity contribution in [2.75, 3.05) is 27.4 Å². The van der Waals surface area contributed by atoms with E-state index in [1.165, 1.54) is 26.4 Å². The fourth-order valence-electron chi connectivity index (χ4n) is 3.97. The molecule has 0 spiro atoms. The molecule has 2 aromatic rings. The topological polar surface area (TPSA) is 124 Å². The fourth-order valence-corrected chi connectivity index (χ4v) is 3.97. The number of carbonyl (C=O) groups excluding carboxylic acids is 4. The SMILES string of the molecule is COC(=O)/C=C/c1ccc(C(=O)O[C@H]2CO[C@H]3[C@@H]2OC[C@H]3OC(=O)c2ccc(/C=C/C(=O)OC)cc2)cc1. The minimum Gasteiger partial charge on any atom is -0.466 e. The maximum absolute atomic E-state index is 12.6. The van der Waals surface area contributed by atoms with Gasteiger partial charge in [-0.05, 0) is 47.5 Å². The standard InChI is InChI=1S/C28H26O10/c1-33-23(29)13-7-17-3-9-19(10-4-17)27(31)37-21-15-35-26-22(16-36-25(21)26)38-28(32)20-11-5-18(6-12-20)8-14-24(30)34-2/h3-14,21-22,25-26H,15-16H2,1-2H3/b13-7+,14-8+/t21-,22+,25-,26-/m1/s1. The van der Waals surface area contributed by atoms with Crippen molar-refractivity contribution in [3.05, 3.63) is 82.9 Å². The van der Waals surface area contributed by atoms with Gasteiger partial charge in [0, 0.05) is 12.2 Å². The summed E-state index contributed by atoms with van der Waals surface area (Å²) in [7, 11) is 2.58. The van der Waals surface area contributed by atoms with E-state index in [0.717, 1.165) is 0 Å². The quantitative estimate of drug-likeness (QED) is 0.290. The normalized spacial score (nSPS) is 22.3. The van der Waals surface area contributed by atoms with E-state index in [4.69, 9.17) is 18.9 Å². The van der Waals surface area contributed by atoms with Crippen molar-refractivity contribution in [3.8, 4) is 0 Å². The number of hydrogen-bond acceptors (Lipinski definition) is 10. The molecule has 10 nitrogen and oxygen atoms in total. The van der Waals surface area contributed by atoms with Crippen molar-refractivity contribution < 1.29 is 47.6 Å². The highest BCUT2D eigenvalue weighted by Crippen LogP contribution is 2.31. The van der Waals surface area contributed by atoms with Gasteiger partial charge in [-0.2, -0.15) is 0 Å². The number of rotatable bonds is 8. The van der Waals surface area contributed by atoms with Gasteiger partial charge in [0.25, 0.3) is 0 Å². The maximum atomic E-state index is 12.6. The first-order valence-corrected chi connectivity index (χ1v) is 11.8. The van der Waals surface area contributed by atoms with Gasteiger partial charge < -0.3 is 28.4 Å². The Labute approximate surface area is 218 Å². The second-order valence-corrected chi connectivity index (χ2v) is 8.44. The van der Waals surface area contributed by atoms with Gasteiger partial charge in [-0.15, -0.1) is 0 Å². The Morgan fingerprint density at radius 1 is 0.658 bits per heavy atom. The molecule has 0 bridgehead atoms. The molecule has 2 fully saturated rings. The average molecular weight is 523 g/mol. The van der Waals surface area contributed by atoms with Gasteiger partial charge in [-0.25, -0.2) is 19.2 Å². The van der Waals surface area contributed by atoms with Crippen molar-refractivity contribution in [2.24, 2.45) is 0 Å². The lowest BCUT2D eigenvalue weighted by Gasteiger charge is -2.17. The molecule has 2 aliphatic heterocycles. The highest BCUT2D eigenvalue weighted by atomic mass is 16.7. The lowest BCUT2D eigenvalue weighted by molar-refractivity contribution is -0.135. The van der Waals surface area contributed by atoms with E-state index in [2.05, 4.69) is 9.47 Å². The Balaban J connectivity index is 1.29. The van der Waals surface area contributed by atoms with Crippen LogP contribution in [0.4, 0.5) is 0 Å². The van der Waals surface area contributed by atoms with Gasteiger partial charge in [-0.3, -0.25) is 0 Å². The first-order valence-electron chi connectivity index (χ1n) is 11.8. The zero-order valence-corrected chi connectivity index (χ0v) is 20.7. The van der Waals surface area contributed by atoms with Gasteiger partial charge in [0.1, 0.15) is 12.2 Å². The molecule has 2 aliphatic rings. The first kappa shape index (κ1) is 26.8. The van der Waals surface area contributed by atoms with Crippen LogP contribution in [0, 0.1) is 0 Å². The number of fused-ring (bicyclic) bond motifs is 1. The molecule has 198 valence electrons. The van der Waals surface area contributed by atoms with Gasteiger partial charge in [-0.1, -0.05) is 24.3 Å². The van der Waals surface area contributed by atoms with E-state index in [9.17, 15) is 19.2 Å². The van der Waals surface area contributed by atoms with Crippen molar-refractivity contribution in [2.45, 2.75) is 24.4 Å². The third-order valence-corrected chi connectivity index (χ3v) is 6.00. The first-order chi connectivity index (χ1) is 18.4. The van der Waals surface area contributed by atoms with E-state index < -0.39 is 48.3 Å². The lowest BCUT2D eigenvalue weighted by Crippen LogP contribution is -2.36. The molecule has 2 saturated heterocycles. The molecule has 0 aromatic heterocycles. The van der Waals surface area contributed by atoms with Crippen LogP contribution in [0.25, 0.3) is 12.2 Å². The molecule has 0 N–H and O–H groups in total. The van der Waals surface area contributed by atoms with Crippen LogP contribution in [0.15, 0.2) is 60.7 Å². The van der Waals surface area contributed by atoms with Crippen LogP contribution in [0.1, 0.15) is 31.8 Å². The summed E-state index contributed by atoms with van der Waals surface area (Å²) in [5.41, 5.74) is 2.09. The highest BCUT2D eigenvalue weighted by molar-refractivity contribution is 5.91. The Morgan fingerprint density at radius 3 is 1.37 bits per heavy atom. The molecule has 38 heavy (non-hydrogen) atoms. The summed E-state index contributed by atoms with van der Waals surface area (Å²) in [4.78, 5) is 47.7. The molecule has 10 heteroatoms. The van der Waals surface area contributed by atoms with E-state index in [0.29, 0.717) is 22.3 Å². The van der Waals surface area contributed by atoms with E-state index in [-0.39, 0.29) is 13.2 Å². The number of ether oxygens (including phenoxy) is 6. The van der Waals surface area contributed by atoms with E-state index >= 15 is 0 Å². The van der Waals surface area contributed by atoms with Gasteiger partial charge in [0.2, 0.25) is 0 Å². The van der Waals surface area contributed by atoms with E-state index in [1.807, 2.05) is 0 Å². The molecule has 4 atom stereocenters. The molecule has 2 aromatic carbocycles. The largest absolute Gasteiger partial charge is 0.466 e. The predicted molar refractivity (Wildman–Crippen MR) is 133 cm³/mol. The van der Waals surface area contributed by atoms with Gasteiger partial charge in [0.15, 0.2) is 12.2 Å². The highest BCUT2D eigenvalue weighted by Gasteiger charge is 2.51. The molecule has 0 amide bonds. The number of carbonyl (C=O) groups is 4. The van der Waals surface area contributed by atoms with Crippen LogP contribution < -0.4 is 0 Å². The molecule has 2 heterocycles. The molecule has 0 unspecified atom stereocenters. The van der Waals surface area contributed by atoms with Crippen LogP contribution in [0.3, 0.4) is 0 Å². The van der Waals surface area contributed by atoms with Crippen molar-refractivity contribution in [1.82, 2.24) is 0 Å². The number of benzene rings is 2. The van der Waals surface area contributed by atoms with Crippen molar-refractivity contribution in [3.63, 3.8) is 0 Å². The van der Waals surface area contributed by atoms with E-state index in [1.54, 1.807) is 60.7 Å². The maximum Gasteiger partial charge on any atom is 0.338 e. The summed E-state index contributed by atoms with van der Waals surface area (Å²) in [6, 6.07) is 13.0. The molecule has 0 saturated carbocycles. The Bertz CT molecular complexity index is 1130. The Kier molecular flexibility index (Phi) is 8.67. The van der Waals surface area contributed by atoms with Crippen LogP contribution in [-0.2, 0) is 38.0 Å². The summed E-state index contributed by atoms with van der Waals surface area (Å²) >= 11 is 0. The second kappa shape index (κ2) is 12.3. The van der Waals surface area contributed by atoms with Crippen molar-refractivity contribution >= 4 is 36.0 Å². The zero-order chi connectivity index (χ0) is 27.1. The monoisotopic (exact) mass is 522 g/mol. The zero-order valence-electron chi connectivity index (χ0n) is 20.7. The second-order valence-electron chi connectivity index (χ2n) is 8.44. The van der Waals surface area contributed by atoms with Crippen molar-refractivity contribution in [1.29, 1.82) is 0 Å².